The van der Waals surface area contributed by atoms with Crippen molar-refractivity contribution in [2.45, 2.75) is 20.3 Å². The summed E-state index contributed by atoms with van der Waals surface area (Å²) in [5.74, 6) is 0. The second-order valence-electron chi connectivity index (χ2n) is 4.33. The summed E-state index contributed by atoms with van der Waals surface area (Å²) in [5.41, 5.74) is 6.50. The molecule has 0 unspecified atom stereocenters. The Bertz CT molecular complexity index is 509. The number of hydrogen-bond donors (Lipinski definition) is 0. The number of allylic oxidation sites excluding steroid dienone is 4. The lowest BCUT2D eigenvalue weighted by molar-refractivity contribution is 0.215. The molecule has 2 rings (SSSR count). The maximum absolute atomic E-state index is 4.75. The van der Waals surface area contributed by atoms with Crippen molar-refractivity contribution in [2.24, 2.45) is 5.16 Å². The third kappa shape index (κ3) is 2.47. The molecule has 0 spiro atoms. The van der Waals surface area contributed by atoms with E-state index in [1.54, 1.807) is 13.3 Å². The molecule has 1 aliphatic rings. The molecule has 0 aromatic heterocycles. The Morgan fingerprint density at radius 2 is 2.00 bits per heavy atom. The van der Waals surface area contributed by atoms with Crippen molar-refractivity contribution in [2.75, 3.05) is 7.11 Å². The average molecular weight is 227 g/mol. The van der Waals surface area contributed by atoms with Gasteiger partial charge in [-0.1, -0.05) is 41.1 Å². The van der Waals surface area contributed by atoms with Crippen LogP contribution >= 0.6 is 0 Å². The molecule has 1 aliphatic carbocycles. The van der Waals surface area contributed by atoms with Gasteiger partial charge in [0.05, 0.1) is 6.21 Å². The van der Waals surface area contributed by atoms with Crippen molar-refractivity contribution in [3.8, 4) is 0 Å². The predicted octanol–water partition coefficient (Wildman–Crippen LogP) is 3.79. The summed E-state index contributed by atoms with van der Waals surface area (Å²) in [6, 6.07) is 8.28. The minimum atomic E-state index is 1.03. The Morgan fingerprint density at radius 3 is 2.65 bits per heavy atom. The van der Waals surface area contributed by atoms with E-state index in [1.807, 2.05) is 6.07 Å². The summed E-state index contributed by atoms with van der Waals surface area (Å²) in [7, 11) is 1.56. The Labute approximate surface area is 102 Å². The zero-order valence-electron chi connectivity index (χ0n) is 10.5. The van der Waals surface area contributed by atoms with Crippen LogP contribution in [0.1, 0.15) is 31.4 Å². The number of nitrogens with zero attached hydrogens (tertiary/aromatic N) is 1. The Morgan fingerprint density at radius 1 is 1.24 bits per heavy atom. The lowest BCUT2D eigenvalue weighted by atomic mass is 9.96. The van der Waals surface area contributed by atoms with Crippen LogP contribution in [-0.4, -0.2) is 13.3 Å². The van der Waals surface area contributed by atoms with Gasteiger partial charge in [0.1, 0.15) is 7.11 Å². The average Bonchev–Trinajstić information content (AvgIpc) is 2.66. The molecule has 0 saturated carbocycles. The van der Waals surface area contributed by atoms with Gasteiger partial charge in [-0.2, -0.15) is 0 Å². The van der Waals surface area contributed by atoms with Gasteiger partial charge in [0.2, 0.25) is 0 Å². The first-order valence-corrected chi connectivity index (χ1v) is 5.75. The topological polar surface area (TPSA) is 21.6 Å². The molecule has 0 radical (unpaired) electrons. The van der Waals surface area contributed by atoms with E-state index >= 15 is 0 Å². The van der Waals surface area contributed by atoms with Crippen LogP contribution in [0.4, 0.5) is 0 Å². The van der Waals surface area contributed by atoms with Crippen LogP contribution in [0.2, 0.25) is 0 Å². The van der Waals surface area contributed by atoms with E-state index in [9.17, 15) is 0 Å². The first-order valence-electron chi connectivity index (χ1n) is 5.75. The predicted molar refractivity (Wildman–Crippen MR) is 72.0 cm³/mol. The third-order valence-corrected chi connectivity index (χ3v) is 2.98. The van der Waals surface area contributed by atoms with E-state index < -0.39 is 0 Å². The summed E-state index contributed by atoms with van der Waals surface area (Å²) in [5, 5.41) is 3.85. The van der Waals surface area contributed by atoms with Gasteiger partial charge < -0.3 is 4.84 Å². The summed E-state index contributed by atoms with van der Waals surface area (Å²) >= 11 is 0. The third-order valence-electron chi connectivity index (χ3n) is 2.98. The molecule has 0 saturated heterocycles. The molecular weight excluding hydrogens is 210 g/mol. The standard InChI is InChI=1S/C15H17NO/c1-11-8-12(2)15(9-11)14-7-5-4-6-13(14)10-16-17-3/h4-8,10H,9H2,1-3H3. The van der Waals surface area contributed by atoms with Crippen molar-refractivity contribution < 1.29 is 4.84 Å². The van der Waals surface area contributed by atoms with Crippen molar-refractivity contribution >= 4 is 11.8 Å². The first kappa shape index (κ1) is 11.6. The van der Waals surface area contributed by atoms with E-state index in [0.717, 1.165) is 12.0 Å². The smallest absolute Gasteiger partial charge is 0.106 e. The molecule has 2 nitrogen and oxygen atoms in total. The van der Waals surface area contributed by atoms with Gasteiger partial charge in [-0.15, -0.1) is 0 Å². The van der Waals surface area contributed by atoms with Gasteiger partial charge >= 0.3 is 0 Å². The maximum Gasteiger partial charge on any atom is 0.106 e. The minimum Gasteiger partial charge on any atom is -0.399 e. The maximum atomic E-state index is 4.75. The first-order chi connectivity index (χ1) is 8.22. The zero-order chi connectivity index (χ0) is 12.3. The van der Waals surface area contributed by atoms with E-state index in [4.69, 9.17) is 4.84 Å². The van der Waals surface area contributed by atoms with Gasteiger partial charge in [0.15, 0.2) is 0 Å². The van der Waals surface area contributed by atoms with Crippen LogP contribution in [0.5, 0.6) is 0 Å². The molecule has 88 valence electrons. The lowest BCUT2D eigenvalue weighted by Gasteiger charge is -2.08. The highest BCUT2D eigenvalue weighted by molar-refractivity contribution is 5.90. The summed E-state index contributed by atoms with van der Waals surface area (Å²) < 4.78 is 0. The van der Waals surface area contributed by atoms with Crippen molar-refractivity contribution in [1.82, 2.24) is 0 Å². The van der Waals surface area contributed by atoms with E-state index in [2.05, 4.69) is 43.3 Å². The number of rotatable bonds is 3. The minimum absolute atomic E-state index is 1.03. The quantitative estimate of drug-likeness (QED) is 0.568. The SMILES string of the molecule is CON=Cc1ccccc1C1=C(C)C=C(C)C1. The van der Waals surface area contributed by atoms with Crippen LogP contribution in [0.3, 0.4) is 0 Å². The summed E-state index contributed by atoms with van der Waals surface area (Å²) in [6.45, 7) is 4.33. The molecule has 2 heteroatoms. The highest BCUT2D eigenvalue weighted by Crippen LogP contribution is 2.33. The summed E-state index contributed by atoms with van der Waals surface area (Å²) in [6.07, 6.45) is 5.05. The molecular formula is C15H17NO. The molecule has 1 aromatic rings. The monoisotopic (exact) mass is 227 g/mol. The van der Waals surface area contributed by atoms with Crippen molar-refractivity contribution in [1.29, 1.82) is 0 Å². The lowest BCUT2D eigenvalue weighted by Crippen LogP contribution is -1.93. The second kappa shape index (κ2) is 5.00. The van der Waals surface area contributed by atoms with Crippen LogP contribution in [-0.2, 0) is 4.84 Å². The van der Waals surface area contributed by atoms with Gasteiger partial charge in [0, 0.05) is 5.56 Å². The largest absolute Gasteiger partial charge is 0.399 e. The van der Waals surface area contributed by atoms with Gasteiger partial charge in [0.25, 0.3) is 0 Å². The molecule has 0 N–H and O–H groups in total. The normalized spacial score (nSPS) is 15.6. The fourth-order valence-corrected chi connectivity index (χ4v) is 2.23. The number of benzene rings is 1. The van der Waals surface area contributed by atoms with Gasteiger partial charge in [-0.05, 0) is 37.0 Å². The van der Waals surface area contributed by atoms with Crippen LogP contribution in [0, 0.1) is 0 Å². The van der Waals surface area contributed by atoms with Gasteiger partial charge in [-0.25, -0.2) is 0 Å². The van der Waals surface area contributed by atoms with E-state index in [-0.39, 0.29) is 0 Å². The fourth-order valence-electron chi connectivity index (χ4n) is 2.23. The second-order valence-corrected chi connectivity index (χ2v) is 4.33. The molecule has 17 heavy (non-hydrogen) atoms. The Kier molecular flexibility index (Phi) is 3.43. The molecule has 1 aromatic carbocycles. The zero-order valence-corrected chi connectivity index (χ0v) is 10.5. The van der Waals surface area contributed by atoms with E-state index in [0.29, 0.717) is 0 Å². The van der Waals surface area contributed by atoms with Crippen molar-refractivity contribution in [3.05, 3.63) is 52.6 Å². The highest BCUT2D eigenvalue weighted by Gasteiger charge is 2.14. The molecule has 0 bridgehead atoms. The Hall–Kier alpha value is -1.83. The highest BCUT2D eigenvalue weighted by atomic mass is 16.6. The summed E-state index contributed by atoms with van der Waals surface area (Å²) in [4.78, 5) is 4.75. The fraction of sp³-hybridized carbons (Fsp3) is 0.267. The van der Waals surface area contributed by atoms with Crippen molar-refractivity contribution in [3.63, 3.8) is 0 Å². The van der Waals surface area contributed by atoms with Crippen LogP contribution < -0.4 is 0 Å². The molecule has 0 amide bonds. The van der Waals surface area contributed by atoms with Gasteiger partial charge in [-0.3, -0.25) is 0 Å². The molecule has 0 heterocycles. The molecule has 0 atom stereocenters. The molecule has 0 aliphatic heterocycles. The van der Waals surface area contributed by atoms with E-state index in [1.165, 1.54) is 22.3 Å². The van der Waals surface area contributed by atoms with Crippen LogP contribution in [0.25, 0.3) is 5.57 Å². The Balaban J connectivity index is 2.40. The number of oxime groups is 1. The molecule has 0 fully saturated rings. The van der Waals surface area contributed by atoms with Crippen LogP contribution in [0.15, 0.2) is 46.6 Å². The number of hydrogen-bond acceptors (Lipinski definition) is 2.